The fourth-order valence-corrected chi connectivity index (χ4v) is 4.05. The van der Waals surface area contributed by atoms with E-state index in [1.54, 1.807) is 21.0 Å². The smallest absolute Gasteiger partial charge is 0.243 e. The van der Waals surface area contributed by atoms with Crippen molar-refractivity contribution in [1.29, 1.82) is 0 Å². The molecule has 1 N–H and O–H groups in total. The van der Waals surface area contributed by atoms with Crippen LogP contribution in [0, 0.1) is 20.8 Å². The third-order valence-electron chi connectivity index (χ3n) is 3.49. The van der Waals surface area contributed by atoms with Gasteiger partial charge in [-0.2, -0.15) is 4.31 Å². The maximum atomic E-state index is 12.7. The van der Waals surface area contributed by atoms with Crippen molar-refractivity contribution in [1.82, 2.24) is 9.62 Å². The molecule has 130 valence electrons. The van der Waals surface area contributed by atoms with Crippen molar-refractivity contribution < 1.29 is 17.9 Å². The molecular weight excluding hydrogens is 316 g/mol. The Bertz CT molecular complexity index is 633. The van der Waals surface area contributed by atoms with Crippen molar-refractivity contribution in [3.8, 4) is 0 Å². The summed E-state index contributed by atoms with van der Waals surface area (Å²) in [5.74, 6) is -0.324. The Morgan fingerprint density at radius 2 is 1.78 bits per heavy atom. The van der Waals surface area contributed by atoms with Gasteiger partial charge in [-0.05, 0) is 38.3 Å². The van der Waals surface area contributed by atoms with Crippen LogP contribution < -0.4 is 5.32 Å². The van der Waals surface area contributed by atoms with Gasteiger partial charge in [-0.25, -0.2) is 8.42 Å². The zero-order valence-corrected chi connectivity index (χ0v) is 15.3. The van der Waals surface area contributed by atoms with E-state index in [4.69, 9.17) is 4.74 Å². The average Bonchev–Trinajstić information content (AvgIpc) is 2.42. The van der Waals surface area contributed by atoms with Crippen LogP contribution in [0.4, 0.5) is 0 Å². The minimum absolute atomic E-state index is 0.206. The molecule has 0 atom stereocenters. The third kappa shape index (κ3) is 5.30. The number of amides is 1. The van der Waals surface area contributed by atoms with Crippen molar-refractivity contribution >= 4 is 15.9 Å². The quantitative estimate of drug-likeness (QED) is 0.724. The molecule has 0 spiro atoms. The summed E-state index contributed by atoms with van der Waals surface area (Å²) in [5, 5.41) is 2.69. The molecule has 0 aromatic heterocycles. The molecule has 1 amide bonds. The van der Waals surface area contributed by atoms with Crippen LogP contribution >= 0.6 is 0 Å². The van der Waals surface area contributed by atoms with Gasteiger partial charge in [0.1, 0.15) is 0 Å². The highest BCUT2D eigenvalue weighted by molar-refractivity contribution is 7.89. The second-order valence-corrected chi connectivity index (χ2v) is 7.67. The maximum absolute atomic E-state index is 12.7. The summed E-state index contributed by atoms with van der Waals surface area (Å²) in [5.41, 5.74) is 2.39. The molecule has 0 radical (unpaired) electrons. The number of methoxy groups -OCH3 is 1. The Morgan fingerprint density at radius 1 is 1.22 bits per heavy atom. The molecule has 0 aliphatic carbocycles. The summed E-state index contributed by atoms with van der Waals surface area (Å²) in [4.78, 5) is 12.1. The van der Waals surface area contributed by atoms with Crippen molar-refractivity contribution in [3.05, 3.63) is 28.8 Å². The molecule has 23 heavy (non-hydrogen) atoms. The van der Waals surface area contributed by atoms with E-state index in [0.717, 1.165) is 9.87 Å². The lowest BCUT2D eigenvalue weighted by atomic mass is 10.1. The van der Waals surface area contributed by atoms with Gasteiger partial charge in [0.15, 0.2) is 0 Å². The van der Waals surface area contributed by atoms with Crippen molar-refractivity contribution in [3.63, 3.8) is 0 Å². The Hall–Kier alpha value is -1.44. The standard InChI is InChI=1S/C16H26N2O4S/c1-12-9-13(2)16(14(3)10-12)23(20,21)18(4)11-15(19)17-7-6-8-22-5/h9-10H,6-8,11H2,1-5H3,(H,17,19). The topological polar surface area (TPSA) is 75.7 Å². The first-order chi connectivity index (χ1) is 10.7. The first-order valence-corrected chi connectivity index (χ1v) is 8.94. The Morgan fingerprint density at radius 3 is 2.30 bits per heavy atom. The predicted molar refractivity (Wildman–Crippen MR) is 90.0 cm³/mol. The number of rotatable bonds is 8. The highest BCUT2D eigenvalue weighted by Gasteiger charge is 2.26. The molecule has 0 heterocycles. The number of hydrogen-bond donors (Lipinski definition) is 1. The number of aryl methyl sites for hydroxylation is 3. The average molecular weight is 342 g/mol. The summed E-state index contributed by atoms with van der Waals surface area (Å²) in [7, 11) is -0.688. The van der Waals surface area contributed by atoms with E-state index in [-0.39, 0.29) is 17.3 Å². The van der Waals surface area contributed by atoms with Gasteiger partial charge in [0.05, 0.1) is 11.4 Å². The van der Waals surface area contributed by atoms with E-state index in [1.165, 1.54) is 7.05 Å². The van der Waals surface area contributed by atoms with Crippen LogP contribution in [0.25, 0.3) is 0 Å². The van der Waals surface area contributed by atoms with Gasteiger partial charge in [0.2, 0.25) is 15.9 Å². The van der Waals surface area contributed by atoms with Crippen LogP contribution in [0.2, 0.25) is 0 Å². The number of ether oxygens (including phenoxy) is 1. The van der Waals surface area contributed by atoms with Gasteiger partial charge in [0.25, 0.3) is 0 Å². The van der Waals surface area contributed by atoms with Crippen LogP contribution in [-0.4, -0.2) is 52.5 Å². The minimum Gasteiger partial charge on any atom is -0.385 e. The summed E-state index contributed by atoms with van der Waals surface area (Å²) >= 11 is 0. The number of nitrogens with zero attached hydrogens (tertiary/aromatic N) is 1. The van der Waals surface area contributed by atoms with Crippen LogP contribution in [0.15, 0.2) is 17.0 Å². The van der Waals surface area contributed by atoms with E-state index in [2.05, 4.69) is 5.32 Å². The van der Waals surface area contributed by atoms with E-state index < -0.39 is 10.0 Å². The Labute approximate surface area is 138 Å². The van der Waals surface area contributed by atoms with Crippen molar-refractivity contribution in [2.24, 2.45) is 0 Å². The molecule has 0 aliphatic heterocycles. The summed E-state index contributed by atoms with van der Waals surface area (Å²) in [6.07, 6.45) is 0.689. The Balaban J connectivity index is 2.82. The SMILES string of the molecule is COCCCNC(=O)CN(C)S(=O)(=O)c1c(C)cc(C)cc1C. The molecule has 0 unspecified atom stereocenters. The lowest BCUT2D eigenvalue weighted by Gasteiger charge is -2.20. The molecule has 0 aliphatic rings. The molecule has 7 heteroatoms. The molecule has 0 fully saturated rings. The van der Waals surface area contributed by atoms with Crippen molar-refractivity contribution in [2.45, 2.75) is 32.1 Å². The Kier molecular flexibility index (Phi) is 7.18. The normalized spacial score (nSPS) is 11.7. The molecule has 0 saturated heterocycles. The van der Waals surface area contributed by atoms with Gasteiger partial charge in [-0.1, -0.05) is 17.7 Å². The van der Waals surface area contributed by atoms with E-state index >= 15 is 0 Å². The lowest BCUT2D eigenvalue weighted by molar-refractivity contribution is -0.121. The first kappa shape index (κ1) is 19.6. The number of benzene rings is 1. The highest BCUT2D eigenvalue weighted by Crippen LogP contribution is 2.24. The second-order valence-electron chi connectivity index (χ2n) is 5.69. The fraction of sp³-hybridized carbons (Fsp3) is 0.562. The number of sulfonamides is 1. The maximum Gasteiger partial charge on any atom is 0.243 e. The summed E-state index contributed by atoms with van der Waals surface area (Å²) < 4.78 is 31.4. The molecule has 1 rings (SSSR count). The van der Waals surface area contributed by atoms with Gasteiger partial charge in [-0.15, -0.1) is 0 Å². The zero-order chi connectivity index (χ0) is 17.6. The number of carbonyl (C=O) groups excluding carboxylic acids is 1. The molecule has 6 nitrogen and oxygen atoms in total. The third-order valence-corrected chi connectivity index (χ3v) is 5.60. The fourth-order valence-electron chi connectivity index (χ4n) is 2.52. The summed E-state index contributed by atoms with van der Waals surface area (Å²) in [6, 6.07) is 3.66. The monoisotopic (exact) mass is 342 g/mol. The molecule has 0 bridgehead atoms. The van der Waals surface area contributed by atoms with E-state index in [9.17, 15) is 13.2 Å². The number of likely N-dealkylation sites (N-methyl/N-ethyl adjacent to an activating group) is 1. The molecule has 1 aromatic carbocycles. The van der Waals surface area contributed by atoms with Crippen LogP contribution in [0.5, 0.6) is 0 Å². The molecule has 1 aromatic rings. The number of nitrogens with one attached hydrogen (secondary N) is 1. The first-order valence-electron chi connectivity index (χ1n) is 7.50. The molecular formula is C16H26N2O4S. The second kappa shape index (κ2) is 8.42. The number of hydrogen-bond acceptors (Lipinski definition) is 4. The largest absolute Gasteiger partial charge is 0.385 e. The lowest BCUT2D eigenvalue weighted by Crippen LogP contribution is -2.39. The van der Waals surface area contributed by atoms with Crippen LogP contribution in [-0.2, 0) is 19.6 Å². The predicted octanol–water partition coefficient (Wildman–Crippen LogP) is 1.39. The zero-order valence-electron chi connectivity index (χ0n) is 14.5. The van der Waals surface area contributed by atoms with E-state index in [0.29, 0.717) is 30.7 Å². The summed E-state index contributed by atoms with van der Waals surface area (Å²) in [6.45, 7) is 6.27. The van der Waals surface area contributed by atoms with Gasteiger partial charge in [-0.3, -0.25) is 4.79 Å². The van der Waals surface area contributed by atoms with Crippen molar-refractivity contribution in [2.75, 3.05) is 33.9 Å². The number of carbonyl (C=O) groups is 1. The van der Waals surface area contributed by atoms with Crippen LogP contribution in [0.3, 0.4) is 0 Å². The highest BCUT2D eigenvalue weighted by atomic mass is 32.2. The van der Waals surface area contributed by atoms with Gasteiger partial charge in [0, 0.05) is 27.3 Å². The van der Waals surface area contributed by atoms with E-state index in [1.807, 2.05) is 19.1 Å². The minimum atomic E-state index is -3.70. The van der Waals surface area contributed by atoms with Gasteiger partial charge < -0.3 is 10.1 Å². The van der Waals surface area contributed by atoms with Crippen LogP contribution in [0.1, 0.15) is 23.1 Å². The molecule has 0 saturated carbocycles. The van der Waals surface area contributed by atoms with Gasteiger partial charge >= 0.3 is 0 Å².